The van der Waals surface area contributed by atoms with Crippen molar-refractivity contribution in [3.8, 4) is 0 Å². The standard InChI is InChI=1S/C21H44N6O/c1-6-25-7-9-26(10-8-25)19(4)16-23-21(22-5)24-17-20(15-18(2)3)27-11-13-28-14-12-27/h18-20H,6-17H2,1-5H3,(H2,22,23,24). The predicted molar refractivity (Wildman–Crippen MR) is 118 cm³/mol. The van der Waals surface area contributed by atoms with E-state index in [0.29, 0.717) is 18.0 Å². The van der Waals surface area contributed by atoms with E-state index in [-0.39, 0.29) is 0 Å². The van der Waals surface area contributed by atoms with Gasteiger partial charge in [0.2, 0.25) is 0 Å². The lowest BCUT2D eigenvalue weighted by molar-refractivity contribution is 0.0132. The van der Waals surface area contributed by atoms with Crippen LogP contribution >= 0.6 is 0 Å². The third-order valence-electron chi connectivity index (χ3n) is 6.08. The first-order valence-corrected chi connectivity index (χ1v) is 11.3. The Hall–Kier alpha value is -0.890. The minimum Gasteiger partial charge on any atom is -0.379 e. The van der Waals surface area contributed by atoms with E-state index in [1.54, 1.807) is 0 Å². The monoisotopic (exact) mass is 396 g/mol. The number of nitrogens with one attached hydrogen (secondary N) is 2. The van der Waals surface area contributed by atoms with Gasteiger partial charge in [-0.15, -0.1) is 0 Å². The van der Waals surface area contributed by atoms with Crippen molar-refractivity contribution in [2.45, 2.75) is 46.2 Å². The fraction of sp³-hybridized carbons (Fsp3) is 0.952. The first-order valence-electron chi connectivity index (χ1n) is 11.3. The van der Waals surface area contributed by atoms with E-state index in [9.17, 15) is 0 Å². The highest BCUT2D eigenvalue weighted by Gasteiger charge is 2.23. The lowest BCUT2D eigenvalue weighted by atomic mass is 10.0. The van der Waals surface area contributed by atoms with Crippen LogP contribution in [0.4, 0.5) is 0 Å². The van der Waals surface area contributed by atoms with E-state index >= 15 is 0 Å². The second kappa shape index (κ2) is 12.6. The van der Waals surface area contributed by atoms with E-state index in [1.807, 2.05) is 7.05 Å². The van der Waals surface area contributed by atoms with Gasteiger partial charge < -0.3 is 20.3 Å². The molecule has 0 amide bonds. The summed E-state index contributed by atoms with van der Waals surface area (Å²) in [6.45, 7) is 20.7. The maximum atomic E-state index is 5.53. The van der Waals surface area contributed by atoms with Crippen molar-refractivity contribution in [2.75, 3.05) is 79.2 Å². The molecule has 0 radical (unpaired) electrons. The maximum absolute atomic E-state index is 5.53. The van der Waals surface area contributed by atoms with Crippen LogP contribution in [0.3, 0.4) is 0 Å². The Kier molecular flexibility index (Phi) is 10.5. The molecule has 2 heterocycles. The number of rotatable bonds is 9. The molecule has 2 N–H and O–H groups in total. The number of hydrogen-bond donors (Lipinski definition) is 2. The second-order valence-electron chi connectivity index (χ2n) is 8.58. The molecule has 0 aliphatic carbocycles. The topological polar surface area (TPSA) is 55.4 Å². The largest absolute Gasteiger partial charge is 0.379 e. The molecular formula is C21H44N6O. The summed E-state index contributed by atoms with van der Waals surface area (Å²) < 4.78 is 5.53. The summed E-state index contributed by atoms with van der Waals surface area (Å²) >= 11 is 0. The minimum atomic E-state index is 0.517. The summed E-state index contributed by atoms with van der Waals surface area (Å²) in [6, 6.07) is 1.05. The van der Waals surface area contributed by atoms with Gasteiger partial charge in [0.05, 0.1) is 13.2 Å². The molecule has 0 saturated carbocycles. The van der Waals surface area contributed by atoms with Gasteiger partial charge in [0.25, 0.3) is 0 Å². The maximum Gasteiger partial charge on any atom is 0.191 e. The number of morpholine rings is 1. The van der Waals surface area contributed by atoms with Crippen molar-refractivity contribution in [1.29, 1.82) is 0 Å². The van der Waals surface area contributed by atoms with Crippen LogP contribution in [-0.4, -0.2) is 112 Å². The fourth-order valence-electron chi connectivity index (χ4n) is 4.18. The summed E-state index contributed by atoms with van der Waals surface area (Å²) in [5.41, 5.74) is 0. The normalized spacial score (nSPS) is 23.0. The van der Waals surface area contributed by atoms with Crippen molar-refractivity contribution < 1.29 is 4.74 Å². The van der Waals surface area contributed by atoms with Crippen LogP contribution in [0.5, 0.6) is 0 Å². The molecule has 7 heteroatoms. The zero-order valence-corrected chi connectivity index (χ0v) is 18.9. The number of nitrogens with zero attached hydrogens (tertiary/aromatic N) is 4. The smallest absolute Gasteiger partial charge is 0.191 e. The highest BCUT2D eigenvalue weighted by atomic mass is 16.5. The van der Waals surface area contributed by atoms with Crippen LogP contribution in [0.15, 0.2) is 4.99 Å². The molecule has 0 bridgehead atoms. The molecule has 2 fully saturated rings. The molecule has 2 saturated heterocycles. The molecule has 2 rings (SSSR count). The highest BCUT2D eigenvalue weighted by Crippen LogP contribution is 2.13. The summed E-state index contributed by atoms with van der Waals surface area (Å²) in [6.07, 6.45) is 1.20. The SMILES string of the molecule is CCN1CCN(C(C)CNC(=NC)NCC(CC(C)C)N2CCOCC2)CC1. The van der Waals surface area contributed by atoms with Crippen LogP contribution in [0.1, 0.15) is 34.1 Å². The summed E-state index contributed by atoms with van der Waals surface area (Å²) in [5, 5.41) is 7.12. The zero-order chi connectivity index (χ0) is 20.4. The molecule has 2 atom stereocenters. The Balaban J connectivity index is 1.75. The quantitative estimate of drug-likeness (QED) is 0.447. The number of likely N-dealkylation sites (N-methyl/N-ethyl adjacent to an activating group) is 1. The Morgan fingerprint density at radius 1 is 0.929 bits per heavy atom. The molecule has 164 valence electrons. The Labute approximate surface area is 172 Å². The van der Waals surface area contributed by atoms with Crippen molar-refractivity contribution in [3.05, 3.63) is 0 Å². The van der Waals surface area contributed by atoms with Gasteiger partial charge in [-0.2, -0.15) is 0 Å². The summed E-state index contributed by atoms with van der Waals surface area (Å²) in [4.78, 5) is 12.1. The van der Waals surface area contributed by atoms with Gasteiger partial charge in [-0.25, -0.2) is 0 Å². The molecule has 0 aromatic carbocycles. The van der Waals surface area contributed by atoms with Gasteiger partial charge >= 0.3 is 0 Å². The van der Waals surface area contributed by atoms with Crippen LogP contribution in [0.25, 0.3) is 0 Å². The average molecular weight is 397 g/mol. The Bertz CT molecular complexity index is 444. The van der Waals surface area contributed by atoms with E-state index < -0.39 is 0 Å². The van der Waals surface area contributed by atoms with Crippen molar-refractivity contribution >= 4 is 5.96 Å². The van der Waals surface area contributed by atoms with Gasteiger partial charge in [-0.1, -0.05) is 20.8 Å². The molecule has 2 aliphatic rings. The molecule has 0 aromatic heterocycles. The van der Waals surface area contributed by atoms with Gasteiger partial charge in [-0.05, 0) is 25.8 Å². The first kappa shape index (κ1) is 23.4. The number of guanidine groups is 1. The summed E-state index contributed by atoms with van der Waals surface area (Å²) in [5.74, 6) is 1.60. The molecule has 2 aliphatic heterocycles. The number of aliphatic imine (C=N–C) groups is 1. The van der Waals surface area contributed by atoms with E-state index in [2.05, 4.69) is 58.0 Å². The predicted octanol–water partition coefficient (Wildman–Crippen LogP) is 0.924. The van der Waals surface area contributed by atoms with Crippen LogP contribution in [-0.2, 0) is 4.74 Å². The molecule has 2 unspecified atom stereocenters. The van der Waals surface area contributed by atoms with E-state index in [4.69, 9.17) is 4.74 Å². The van der Waals surface area contributed by atoms with Crippen molar-refractivity contribution in [2.24, 2.45) is 10.9 Å². The number of hydrogen-bond acceptors (Lipinski definition) is 5. The third-order valence-corrected chi connectivity index (χ3v) is 6.08. The lowest BCUT2D eigenvalue weighted by Crippen LogP contribution is -2.54. The Morgan fingerprint density at radius 2 is 1.57 bits per heavy atom. The van der Waals surface area contributed by atoms with Crippen molar-refractivity contribution in [3.63, 3.8) is 0 Å². The van der Waals surface area contributed by atoms with E-state index in [1.165, 1.54) is 19.5 Å². The number of piperazine rings is 1. The highest BCUT2D eigenvalue weighted by molar-refractivity contribution is 5.79. The third kappa shape index (κ3) is 7.85. The lowest BCUT2D eigenvalue weighted by Gasteiger charge is -2.38. The van der Waals surface area contributed by atoms with E-state index in [0.717, 1.165) is 65.0 Å². The van der Waals surface area contributed by atoms with Crippen molar-refractivity contribution in [1.82, 2.24) is 25.3 Å². The molecule has 28 heavy (non-hydrogen) atoms. The Morgan fingerprint density at radius 3 is 2.14 bits per heavy atom. The average Bonchev–Trinajstić information content (AvgIpc) is 2.73. The molecular weight excluding hydrogens is 352 g/mol. The minimum absolute atomic E-state index is 0.517. The van der Waals surface area contributed by atoms with Crippen LogP contribution in [0, 0.1) is 5.92 Å². The van der Waals surface area contributed by atoms with Crippen LogP contribution in [0.2, 0.25) is 0 Å². The molecule has 0 spiro atoms. The van der Waals surface area contributed by atoms with Gasteiger partial charge in [0, 0.05) is 71.5 Å². The second-order valence-corrected chi connectivity index (χ2v) is 8.58. The number of ether oxygens (including phenoxy) is 1. The molecule has 0 aromatic rings. The zero-order valence-electron chi connectivity index (χ0n) is 18.9. The fourth-order valence-corrected chi connectivity index (χ4v) is 4.18. The summed E-state index contributed by atoms with van der Waals surface area (Å²) in [7, 11) is 1.87. The molecule has 7 nitrogen and oxygen atoms in total. The van der Waals surface area contributed by atoms with Crippen LogP contribution < -0.4 is 10.6 Å². The first-order chi connectivity index (χ1) is 13.5. The van der Waals surface area contributed by atoms with Gasteiger partial charge in [0.15, 0.2) is 5.96 Å². The van der Waals surface area contributed by atoms with Gasteiger partial charge in [-0.3, -0.25) is 14.8 Å². The van der Waals surface area contributed by atoms with Gasteiger partial charge in [0.1, 0.15) is 0 Å².